The van der Waals surface area contributed by atoms with Gasteiger partial charge in [0.25, 0.3) is 0 Å². The average Bonchev–Trinajstić information content (AvgIpc) is 2.74. The van der Waals surface area contributed by atoms with E-state index < -0.39 is 17.6 Å². The summed E-state index contributed by atoms with van der Waals surface area (Å²) >= 11 is 6.04. The van der Waals surface area contributed by atoms with E-state index in [2.05, 4.69) is 9.97 Å². The molecule has 1 unspecified atom stereocenters. The first-order valence-electron chi connectivity index (χ1n) is 10.6. The predicted octanol–water partition coefficient (Wildman–Crippen LogP) is 4.06. The van der Waals surface area contributed by atoms with Crippen molar-refractivity contribution in [2.24, 2.45) is 0 Å². The van der Waals surface area contributed by atoms with Crippen molar-refractivity contribution in [3.8, 4) is 5.69 Å². The summed E-state index contributed by atoms with van der Waals surface area (Å²) in [7, 11) is 0. The fourth-order valence-corrected chi connectivity index (χ4v) is 4.40. The van der Waals surface area contributed by atoms with Gasteiger partial charge >= 0.3 is 11.8 Å². The number of aromatic nitrogens is 3. The molecule has 0 spiro atoms. The summed E-state index contributed by atoms with van der Waals surface area (Å²) in [5.41, 5.74) is 0.830. The highest BCUT2D eigenvalue weighted by atomic mass is 35.5. The van der Waals surface area contributed by atoms with Gasteiger partial charge in [0.05, 0.1) is 11.1 Å². The molecular weight excluding hydrogens is 449 g/mol. The van der Waals surface area contributed by atoms with E-state index >= 15 is 0 Å². The number of pyridine rings is 1. The summed E-state index contributed by atoms with van der Waals surface area (Å²) in [6.45, 7) is 8.71. The lowest BCUT2D eigenvalue weighted by molar-refractivity contribution is 0.136. The number of amides is 1. The first kappa shape index (κ1) is 23.0. The number of fused-ring (bicyclic) bond motifs is 1. The van der Waals surface area contributed by atoms with Crippen LogP contribution in [0.4, 0.5) is 15.0 Å². The maximum absolute atomic E-state index is 14.6. The Labute approximate surface area is 195 Å². The number of anilines is 1. The number of piperazine rings is 1. The van der Waals surface area contributed by atoms with Gasteiger partial charge in [-0.2, -0.15) is 4.98 Å². The van der Waals surface area contributed by atoms with Gasteiger partial charge in [-0.05, 0) is 30.0 Å². The van der Waals surface area contributed by atoms with Gasteiger partial charge in [0.2, 0.25) is 0 Å². The standard InChI is InChI=1S/C23H25ClFN5O3/c1-13-12-28(22(32)33)9-10-29(13)19-14-11-16(25)18(24)26-20(14)30(21(31)27-19)17-8-6-5-7-15(17)23(2,3)4/h5-8,11,13H,9-10,12H2,1-4H3,(H,32,33). The molecule has 2 aromatic heterocycles. The Morgan fingerprint density at radius 3 is 2.55 bits per heavy atom. The quantitative estimate of drug-likeness (QED) is 0.564. The molecule has 8 nitrogen and oxygen atoms in total. The van der Waals surface area contributed by atoms with Gasteiger partial charge in [-0.1, -0.05) is 50.6 Å². The van der Waals surface area contributed by atoms with Crippen molar-refractivity contribution in [1.82, 2.24) is 19.4 Å². The van der Waals surface area contributed by atoms with E-state index in [0.29, 0.717) is 17.6 Å². The van der Waals surface area contributed by atoms with Gasteiger partial charge in [-0.3, -0.25) is 0 Å². The zero-order valence-electron chi connectivity index (χ0n) is 18.8. The molecule has 1 atom stereocenters. The van der Waals surface area contributed by atoms with Crippen molar-refractivity contribution in [1.29, 1.82) is 0 Å². The molecular formula is C23H25ClFN5O3. The zero-order valence-corrected chi connectivity index (χ0v) is 19.6. The lowest BCUT2D eigenvalue weighted by Gasteiger charge is -2.39. The van der Waals surface area contributed by atoms with E-state index in [1.165, 1.54) is 15.5 Å². The second-order valence-electron chi connectivity index (χ2n) is 9.22. The summed E-state index contributed by atoms with van der Waals surface area (Å²) in [6.07, 6.45) is -1.01. The SMILES string of the molecule is CC1CN(C(=O)O)CCN1c1nc(=O)n(-c2ccccc2C(C)(C)C)c2nc(Cl)c(F)cc12. The van der Waals surface area contributed by atoms with E-state index in [1.54, 1.807) is 6.07 Å². The number of carboxylic acid groups (broad SMARTS) is 1. The molecule has 3 heterocycles. The number of benzene rings is 1. The Morgan fingerprint density at radius 2 is 1.91 bits per heavy atom. The molecule has 1 aliphatic heterocycles. The fourth-order valence-electron chi connectivity index (χ4n) is 4.27. The van der Waals surface area contributed by atoms with Gasteiger partial charge in [0.1, 0.15) is 5.82 Å². The molecule has 0 radical (unpaired) electrons. The molecule has 1 aliphatic rings. The fraction of sp³-hybridized carbons (Fsp3) is 0.391. The van der Waals surface area contributed by atoms with E-state index in [9.17, 15) is 19.1 Å². The third kappa shape index (κ3) is 4.13. The number of hydrogen-bond acceptors (Lipinski definition) is 5. The monoisotopic (exact) mass is 473 g/mol. The molecule has 10 heteroatoms. The number of hydrogen-bond donors (Lipinski definition) is 1. The van der Waals surface area contributed by atoms with E-state index in [0.717, 1.165) is 5.56 Å². The Bertz CT molecular complexity index is 1300. The summed E-state index contributed by atoms with van der Waals surface area (Å²) in [4.78, 5) is 36.5. The van der Waals surface area contributed by atoms with Crippen molar-refractivity contribution in [3.05, 3.63) is 57.3 Å². The summed E-state index contributed by atoms with van der Waals surface area (Å²) < 4.78 is 15.9. The van der Waals surface area contributed by atoms with Gasteiger partial charge in [0.15, 0.2) is 16.6 Å². The maximum atomic E-state index is 14.6. The Morgan fingerprint density at radius 1 is 1.21 bits per heavy atom. The van der Waals surface area contributed by atoms with E-state index in [1.807, 2.05) is 50.8 Å². The molecule has 0 bridgehead atoms. The molecule has 1 saturated heterocycles. The molecule has 3 aromatic rings. The van der Waals surface area contributed by atoms with Crippen LogP contribution in [0.1, 0.15) is 33.3 Å². The highest BCUT2D eigenvalue weighted by Crippen LogP contribution is 2.32. The molecule has 0 aliphatic carbocycles. The predicted molar refractivity (Wildman–Crippen MR) is 125 cm³/mol. The van der Waals surface area contributed by atoms with Crippen LogP contribution in [0.5, 0.6) is 0 Å². The highest BCUT2D eigenvalue weighted by Gasteiger charge is 2.30. The number of halogens is 2. The van der Waals surface area contributed by atoms with Crippen molar-refractivity contribution >= 4 is 34.5 Å². The van der Waals surface area contributed by atoms with Crippen LogP contribution in [0.3, 0.4) is 0 Å². The maximum Gasteiger partial charge on any atom is 0.407 e. The minimum absolute atomic E-state index is 0.195. The van der Waals surface area contributed by atoms with Crippen LogP contribution in [0.2, 0.25) is 5.15 Å². The third-order valence-electron chi connectivity index (χ3n) is 5.88. The Hall–Kier alpha value is -3.20. The van der Waals surface area contributed by atoms with Crippen LogP contribution in [-0.4, -0.2) is 56.3 Å². The number of rotatable bonds is 2. The molecule has 33 heavy (non-hydrogen) atoms. The first-order valence-corrected chi connectivity index (χ1v) is 11.0. The van der Waals surface area contributed by atoms with Crippen molar-refractivity contribution in [2.75, 3.05) is 24.5 Å². The summed E-state index contributed by atoms with van der Waals surface area (Å²) in [5.74, 6) is -0.460. The molecule has 0 saturated carbocycles. The van der Waals surface area contributed by atoms with Crippen LogP contribution in [0.25, 0.3) is 16.7 Å². The van der Waals surface area contributed by atoms with Crippen LogP contribution >= 0.6 is 11.6 Å². The van der Waals surface area contributed by atoms with Crippen LogP contribution in [0.15, 0.2) is 35.1 Å². The van der Waals surface area contributed by atoms with Crippen molar-refractivity contribution < 1.29 is 14.3 Å². The number of carbonyl (C=O) groups is 1. The highest BCUT2D eigenvalue weighted by molar-refractivity contribution is 6.30. The number of para-hydroxylation sites is 1. The van der Waals surface area contributed by atoms with Crippen molar-refractivity contribution in [3.63, 3.8) is 0 Å². The average molecular weight is 474 g/mol. The second-order valence-corrected chi connectivity index (χ2v) is 9.58. The molecule has 1 fully saturated rings. The molecule has 4 rings (SSSR count). The molecule has 1 N–H and O–H groups in total. The minimum Gasteiger partial charge on any atom is -0.465 e. The Balaban J connectivity index is 1.98. The largest absolute Gasteiger partial charge is 0.465 e. The van der Waals surface area contributed by atoms with Gasteiger partial charge in [-0.15, -0.1) is 0 Å². The second kappa shape index (κ2) is 8.30. The van der Waals surface area contributed by atoms with Crippen molar-refractivity contribution in [2.45, 2.75) is 39.2 Å². The zero-order chi connectivity index (χ0) is 24.1. The van der Waals surface area contributed by atoms with Crippen LogP contribution in [0, 0.1) is 5.82 Å². The van der Waals surface area contributed by atoms with Gasteiger partial charge in [-0.25, -0.2) is 23.5 Å². The van der Waals surface area contributed by atoms with Gasteiger partial charge in [0, 0.05) is 25.7 Å². The smallest absolute Gasteiger partial charge is 0.407 e. The third-order valence-corrected chi connectivity index (χ3v) is 6.15. The van der Waals surface area contributed by atoms with Crippen LogP contribution < -0.4 is 10.6 Å². The minimum atomic E-state index is -1.01. The lowest BCUT2D eigenvalue weighted by atomic mass is 9.85. The van der Waals surface area contributed by atoms with E-state index in [4.69, 9.17) is 11.6 Å². The first-order chi connectivity index (χ1) is 15.5. The normalized spacial score (nSPS) is 17.0. The number of nitrogens with zero attached hydrogens (tertiary/aromatic N) is 5. The lowest BCUT2D eigenvalue weighted by Crippen LogP contribution is -2.54. The summed E-state index contributed by atoms with van der Waals surface area (Å²) in [5, 5.41) is 9.30. The Kier molecular flexibility index (Phi) is 5.78. The topological polar surface area (TPSA) is 91.6 Å². The molecule has 174 valence electrons. The molecule has 1 aromatic carbocycles. The summed E-state index contributed by atoms with van der Waals surface area (Å²) in [6, 6.07) is 8.40. The van der Waals surface area contributed by atoms with E-state index in [-0.39, 0.29) is 41.2 Å². The molecule has 1 amide bonds. The van der Waals surface area contributed by atoms with Gasteiger partial charge < -0.3 is 14.9 Å². The van der Waals surface area contributed by atoms with Crippen LogP contribution in [-0.2, 0) is 5.41 Å².